The monoisotopic (exact) mass is 430 g/mol. The lowest BCUT2D eigenvalue weighted by atomic mass is 9.61. The summed E-state index contributed by atoms with van der Waals surface area (Å²) >= 11 is 0. The number of methoxy groups -OCH3 is 1. The third-order valence-corrected chi connectivity index (χ3v) is 6.54. The van der Waals surface area contributed by atoms with E-state index in [1.807, 2.05) is 60.7 Å². The Balaban J connectivity index is 1.77. The Hall–Kier alpha value is -3.47. The molecule has 0 fully saturated rings. The Morgan fingerprint density at radius 1 is 0.969 bits per heavy atom. The first-order valence-corrected chi connectivity index (χ1v) is 11.0. The van der Waals surface area contributed by atoms with Gasteiger partial charge in [0.1, 0.15) is 16.9 Å². The van der Waals surface area contributed by atoms with Crippen LogP contribution in [0.5, 0.6) is 23.0 Å². The first kappa shape index (κ1) is 20.4. The van der Waals surface area contributed by atoms with Gasteiger partial charge in [0, 0.05) is 17.5 Å². The Morgan fingerprint density at radius 2 is 1.69 bits per heavy atom. The van der Waals surface area contributed by atoms with Crippen LogP contribution in [0.3, 0.4) is 0 Å². The SMILES string of the molecule is CCCC[C@@]1(c2ccccc2)C(=O)Oc2cc3c(cc2[C@@H]1c1ccc(OC)cc1)OCO3. The minimum atomic E-state index is -0.855. The highest BCUT2D eigenvalue weighted by atomic mass is 16.7. The van der Waals surface area contributed by atoms with E-state index in [-0.39, 0.29) is 18.7 Å². The van der Waals surface area contributed by atoms with Crippen molar-refractivity contribution >= 4 is 5.97 Å². The highest BCUT2D eigenvalue weighted by molar-refractivity contribution is 5.90. The summed E-state index contributed by atoms with van der Waals surface area (Å²) in [6.07, 6.45) is 2.55. The van der Waals surface area contributed by atoms with Crippen molar-refractivity contribution in [1.29, 1.82) is 0 Å². The highest BCUT2D eigenvalue weighted by Gasteiger charge is 2.53. The van der Waals surface area contributed by atoms with Gasteiger partial charge in [-0.15, -0.1) is 0 Å². The number of fused-ring (bicyclic) bond motifs is 2. The number of benzene rings is 3. The van der Waals surface area contributed by atoms with Crippen LogP contribution in [-0.2, 0) is 10.2 Å². The smallest absolute Gasteiger partial charge is 0.322 e. The maximum absolute atomic E-state index is 13.9. The minimum absolute atomic E-state index is 0.166. The summed E-state index contributed by atoms with van der Waals surface area (Å²) in [7, 11) is 1.65. The molecule has 0 spiro atoms. The van der Waals surface area contributed by atoms with E-state index in [0.29, 0.717) is 23.7 Å². The molecule has 5 nitrogen and oxygen atoms in total. The number of hydrogen-bond acceptors (Lipinski definition) is 5. The van der Waals surface area contributed by atoms with Crippen LogP contribution >= 0.6 is 0 Å². The molecule has 32 heavy (non-hydrogen) atoms. The average Bonchev–Trinajstić information content (AvgIpc) is 3.29. The molecule has 0 aliphatic carbocycles. The molecule has 0 saturated carbocycles. The molecule has 5 heteroatoms. The van der Waals surface area contributed by atoms with Gasteiger partial charge in [-0.2, -0.15) is 0 Å². The van der Waals surface area contributed by atoms with Gasteiger partial charge in [-0.05, 0) is 35.7 Å². The summed E-state index contributed by atoms with van der Waals surface area (Å²) < 4.78 is 22.6. The van der Waals surface area contributed by atoms with Gasteiger partial charge in [-0.1, -0.05) is 62.2 Å². The van der Waals surface area contributed by atoms with Crippen LogP contribution in [-0.4, -0.2) is 19.9 Å². The lowest BCUT2D eigenvalue weighted by Gasteiger charge is -2.43. The normalized spacial score (nSPS) is 21.1. The predicted octanol–water partition coefficient (Wildman–Crippen LogP) is 5.60. The summed E-state index contributed by atoms with van der Waals surface area (Å²) in [5, 5.41) is 0. The first-order valence-electron chi connectivity index (χ1n) is 11.0. The Kier molecular flexibility index (Phi) is 5.25. The van der Waals surface area contributed by atoms with Crippen LogP contribution in [0.15, 0.2) is 66.7 Å². The molecular formula is C27H26O5. The second kappa shape index (κ2) is 8.23. The molecule has 2 aliphatic heterocycles. The molecule has 3 aromatic rings. The molecule has 0 aromatic heterocycles. The minimum Gasteiger partial charge on any atom is -0.497 e. The van der Waals surface area contributed by atoms with Gasteiger partial charge in [-0.25, -0.2) is 0 Å². The van der Waals surface area contributed by atoms with Gasteiger partial charge in [0.15, 0.2) is 11.5 Å². The highest BCUT2D eigenvalue weighted by Crippen LogP contribution is 2.55. The number of ether oxygens (including phenoxy) is 4. The standard InChI is InChI=1S/C27H26O5/c1-3-4-14-27(19-8-6-5-7-9-19)25(18-10-12-20(29-2)13-11-18)21-15-23-24(31-17-30-23)16-22(21)32-26(27)28/h5-13,15-16,25H,3-4,14,17H2,1-2H3/t25-,27-/m0/s1. The van der Waals surface area contributed by atoms with Gasteiger partial charge in [0.05, 0.1) is 7.11 Å². The largest absolute Gasteiger partial charge is 0.497 e. The molecule has 0 radical (unpaired) electrons. The van der Waals surface area contributed by atoms with Crippen LogP contribution in [0.2, 0.25) is 0 Å². The maximum Gasteiger partial charge on any atom is 0.322 e. The van der Waals surface area contributed by atoms with E-state index in [1.54, 1.807) is 13.2 Å². The average molecular weight is 431 g/mol. The zero-order valence-corrected chi connectivity index (χ0v) is 18.3. The molecular weight excluding hydrogens is 404 g/mol. The van der Waals surface area contributed by atoms with Crippen molar-refractivity contribution in [2.75, 3.05) is 13.9 Å². The fourth-order valence-corrected chi connectivity index (χ4v) is 4.95. The van der Waals surface area contributed by atoms with Crippen molar-refractivity contribution in [2.45, 2.75) is 37.5 Å². The van der Waals surface area contributed by atoms with Crippen molar-refractivity contribution in [2.24, 2.45) is 0 Å². The van der Waals surface area contributed by atoms with Gasteiger partial charge >= 0.3 is 5.97 Å². The molecule has 2 aliphatic rings. The molecule has 0 bridgehead atoms. The van der Waals surface area contributed by atoms with E-state index in [0.717, 1.165) is 35.3 Å². The number of rotatable bonds is 6. The van der Waals surface area contributed by atoms with E-state index < -0.39 is 5.41 Å². The molecule has 0 unspecified atom stereocenters. The summed E-state index contributed by atoms with van der Waals surface area (Å²) in [6, 6.07) is 21.7. The number of carbonyl (C=O) groups is 1. The van der Waals surface area contributed by atoms with Crippen LogP contribution in [0.25, 0.3) is 0 Å². The van der Waals surface area contributed by atoms with Gasteiger partial charge < -0.3 is 18.9 Å². The van der Waals surface area contributed by atoms with E-state index >= 15 is 0 Å². The van der Waals surface area contributed by atoms with Crippen molar-refractivity contribution < 1.29 is 23.7 Å². The summed E-state index contributed by atoms with van der Waals surface area (Å²) in [5.74, 6) is 2.11. The second-order valence-corrected chi connectivity index (χ2v) is 8.28. The summed E-state index contributed by atoms with van der Waals surface area (Å²) in [4.78, 5) is 13.9. The second-order valence-electron chi connectivity index (χ2n) is 8.28. The van der Waals surface area contributed by atoms with Crippen molar-refractivity contribution in [3.05, 3.63) is 83.4 Å². The third-order valence-electron chi connectivity index (χ3n) is 6.54. The van der Waals surface area contributed by atoms with Crippen LogP contribution in [0.1, 0.15) is 48.8 Å². The Morgan fingerprint density at radius 3 is 2.38 bits per heavy atom. The van der Waals surface area contributed by atoms with E-state index in [4.69, 9.17) is 18.9 Å². The summed E-state index contributed by atoms with van der Waals surface area (Å²) in [5.41, 5.74) is 2.07. The lowest BCUT2D eigenvalue weighted by molar-refractivity contribution is -0.143. The van der Waals surface area contributed by atoms with Gasteiger partial charge in [-0.3, -0.25) is 4.79 Å². The molecule has 164 valence electrons. The topological polar surface area (TPSA) is 54.0 Å². The van der Waals surface area contributed by atoms with E-state index in [9.17, 15) is 4.79 Å². The Labute approximate surface area is 187 Å². The zero-order chi connectivity index (χ0) is 22.1. The quantitative estimate of drug-likeness (QED) is 0.376. The zero-order valence-electron chi connectivity index (χ0n) is 18.3. The van der Waals surface area contributed by atoms with Gasteiger partial charge in [0.25, 0.3) is 0 Å². The van der Waals surface area contributed by atoms with Gasteiger partial charge in [0.2, 0.25) is 6.79 Å². The number of carbonyl (C=O) groups excluding carboxylic acids is 1. The van der Waals surface area contributed by atoms with Crippen LogP contribution < -0.4 is 18.9 Å². The Bertz CT molecular complexity index is 1120. The third kappa shape index (κ3) is 3.20. The fourth-order valence-electron chi connectivity index (χ4n) is 4.95. The summed E-state index contributed by atoms with van der Waals surface area (Å²) in [6.45, 7) is 2.31. The molecule has 0 amide bonds. The molecule has 5 rings (SSSR count). The van der Waals surface area contributed by atoms with Crippen molar-refractivity contribution in [3.8, 4) is 23.0 Å². The number of esters is 1. The van der Waals surface area contributed by atoms with Crippen LogP contribution in [0.4, 0.5) is 0 Å². The molecule has 0 saturated heterocycles. The van der Waals surface area contributed by atoms with Crippen molar-refractivity contribution in [1.82, 2.24) is 0 Å². The number of unbranched alkanes of at least 4 members (excludes halogenated alkanes) is 1. The van der Waals surface area contributed by atoms with Crippen LogP contribution in [0, 0.1) is 0 Å². The maximum atomic E-state index is 13.9. The first-order chi connectivity index (χ1) is 15.7. The van der Waals surface area contributed by atoms with E-state index in [2.05, 4.69) is 6.92 Å². The molecule has 3 aromatic carbocycles. The molecule has 0 N–H and O–H groups in total. The van der Waals surface area contributed by atoms with E-state index in [1.165, 1.54) is 0 Å². The van der Waals surface area contributed by atoms with Crippen molar-refractivity contribution in [3.63, 3.8) is 0 Å². The lowest BCUT2D eigenvalue weighted by Crippen LogP contribution is -2.48. The number of hydrogen-bond donors (Lipinski definition) is 0. The molecule has 2 heterocycles. The predicted molar refractivity (Wildman–Crippen MR) is 121 cm³/mol. The molecule has 2 atom stereocenters. The fraction of sp³-hybridized carbons (Fsp3) is 0.296.